The highest BCUT2D eigenvalue weighted by Crippen LogP contribution is 2.20. The first-order valence-electron chi connectivity index (χ1n) is 15.9. The van der Waals surface area contributed by atoms with Crippen LogP contribution in [0.25, 0.3) is 10.9 Å². The molecule has 0 atom stereocenters. The van der Waals surface area contributed by atoms with Gasteiger partial charge in [-0.1, -0.05) is 93.3 Å². The minimum Gasteiger partial charge on any atom is -0.378 e. The number of carbonyl (C=O) groups is 2. The van der Waals surface area contributed by atoms with Crippen LogP contribution in [0.1, 0.15) is 62.1 Å². The molecule has 0 aliphatic carbocycles. The van der Waals surface area contributed by atoms with Crippen molar-refractivity contribution in [2.75, 3.05) is 38.6 Å². The fourth-order valence-electron chi connectivity index (χ4n) is 5.51. The largest absolute Gasteiger partial charge is 0.378 e. The summed E-state index contributed by atoms with van der Waals surface area (Å²) in [6.07, 6.45) is 9.47. The zero-order valence-corrected chi connectivity index (χ0v) is 26.2. The average molecular weight is 581 g/mol. The molecule has 0 saturated carbocycles. The lowest BCUT2D eigenvalue weighted by atomic mass is 10.1. The number of nitrogens with zero attached hydrogens (tertiary/aromatic N) is 3. The Hall–Kier alpha value is -4.06. The van der Waals surface area contributed by atoms with E-state index in [2.05, 4.69) is 65.3 Å². The number of carbonyl (C=O) groups excluding carboxylic acids is 2. The molecule has 2 amide bonds. The van der Waals surface area contributed by atoms with Gasteiger partial charge >= 0.3 is 0 Å². The fourth-order valence-corrected chi connectivity index (χ4v) is 5.51. The van der Waals surface area contributed by atoms with Crippen molar-refractivity contribution < 1.29 is 9.59 Å². The molecule has 43 heavy (non-hydrogen) atoms. The van der Waals surface area contributed by atoms with Crippen LogP contribution in [0.2, 0.25) is 0 Å². The molecule has 1 aromatic heterocycles. The second-order valence-corrected chi connectivity index (χ2v) is 11.7. The van der Waals surface area contributed by atoms with E-state index in [0.29, 0.717) is 26.1 Å². The molecule has 4 rings (SSSR count). The van der Waals surface area contributed by atoms with Crippen LogP contribution >= 0.6 is 0 Å². The third-order valence-electron chi connectivity index (χ3n) is 8.19. The molecule has 228 valence electrons. The normalized spacial score (nSPS) is 11.0. The van der Waals surface area contributed by atoms with Gasteiger partial charge in [0.25, 0.3) is 0 Å². The number of para-hydroxylation sites is 1. The quantitative estimate of drug-likeness (QED) is 0.134. The zero-order valence-electron chi connectivity index (χ0n) is 26.2. The molecule has 0 unspecified atom stereocenters. The van der Waals surface area contributed by atoms with E-state index >= 15 is 0 Å². The summed E-state index contributed by atoms with van der Waals surface area (Å²) in [5, 5.41) is 1.19. The number of aromatic amines is 1. The van der Waals surface area contributed by atoms with Crippen LogP contribution in [-0.2, 0) is 29.0 Å². The van der Waals surface area contributed by atoms with Gasteiger partial charge in [-0.05, 0) is 54.2 Å². The van der Waals surface area contributed by atoms with Crippen molar-refractivity contribution in [2.45, 2.75) is 64.8 Å². The maximum Gasteiger partial charge on any atom is 0.242 e. The van der Waals surface area contributed by atoms with Crippen LogP contribution in [0.5, 0.6) is 0 Å². The number of H-pyrrole nitrogens is 1. The highest BCUT2D eigenvalue weighted by molar-refractivity contribution is 5.85. The molecule has 0 saturated heterocycles. The van der Waals surface area contributed by atoms with E-state index in [1.54, 1.807) is 4.90 Å². The van der Waals surface area contributed by atoms with Gasteiger partial charge in [0, 0.05) is 62.9 Å². The Bertz CT molecular complexity index is 1410. The van der Waals surface area contributed by atoms with Crippen molar-refractivity contribution >= 4 is 28.4 Å². The summed E-state index contributed by atoms with van der Waals surface area (Å²) in [6, 6.07) is 26.9. The number of amides is 2. The maximum atomic E-state index is 14.0. The molecular formula is C37H48N4O2. The van der Waals surface area contributed by atoms with E-state index in [1.807, 2.05) is 55.5 Å². The molecule has 0 aliphatic heterocycles. The molecular weight excluding hydrogens is 532 g/mol. The van der Waals surface area contributed by atoms with Gasteiger partial charge < -0.3 is 19.7 Å². The van der Waals surface area contributed by atoms with Crippen molar-refractivity contribution in [3.8, 4) is 0 Å². The third-order valence-corrected chi connectivity index (χ3v) is 8.19. The minimum atomic E-state index is -0.0103. The molecule has 0 aliphatic rings. The Morgan fingerprint density at radius 3 is 2.14 bits per heavy atom. The monoisotopic (exact) mass is 580 g/mol. The second kappa shape index (κ2) is 16.5. The lowest BCUT2D eigenvalue weighted by molar-refractivity contribution is -0.141. The number of anilines is 1. The Balaban J connectivity index is 1.49. The number of nitrogens with one attached hydrogen (secondary N) is 1. The highest BCUT2D eigenvalue weighted by Gasteiger charge is 2.22. The molecule has 0 spiro atoms. The summed E-state index contributed by atoms with van der Waals surface area (Å²) in [4.78, 5) is 36.6. The number of fused-ring (bicyclic) bond motifs is 1. The van der Waals surface area contributed by atoms with Gasteiger partial charge in [0.05, 0.1) is 6.54 Å². The van der Waals surface area contributed by atoms with Crippen LogP contribution < -0.4 is 4.90 Å². The molecule has 3 aromatic carbocycles. The standard InChI is InChI=1S/C37H48N4O2/c1-4-5-6-7-11-18-36(42)41(25-23-30-14-9-8-10-15-30)29-37(43)40(28-31-19-21-33(22-20-31)39(2)3)26-24-32-27-38-35-17-13-12-16-34(32)35/h8-10,12-17,19-22,27,38H,4-7,11,18,23-26,28-29H2,1-3H3. The summed E-state index contributed by atoms with van der Waals surface area (Å²) in [7, 11) is 4.05. The van der Waals surface area contributed by atoms with Crippen LogP contribution in [-0.4, -0.2) is 60.3 Å². The Morgan fingerprint density at radius 2 is 1.40 bits per heavy atom. The first-order valence-corrected chi connectivity index (χ1v) is 15.9. The lowest BCUT2D eigenvalue weighted by Crippen LogP contribution is -2.44. The van der Waals surface area contributed by atoms with Crippen LogP contribution in [0, 0.1) is 0 Å². The predicted molar refractivity (Wildman–Crippen MR) is 178 cm³/mol. The Morgan fingerprint density at radius 1 is 0.698 bits per heavy atom. The Kier molecular flexibility index (Phi) is 12.3. The van der Waals surface area contributed by atoms with Crippen molar-refractivity contribution in [3.63, 3.8) is 0 Å². The molecule has 0 bridgehead atoms. The maximum absolute atomic E-state index is 14.0. The second-order valence-electron chi connectivity index (χ2n) is 11.7. The number of benzene rings is 3. The molecule has 4 aromatic rings. The van der Waals surface area contributed by atoms with Gasteiger partial charge in [-0.2, -0.15) is 0 Å². The smallest absolute Gasteiger partial charge is 0.242 e. The fraction of sp³-hybridized carbons (Fsp3) is 0.405. The number of hydrogen-bond donors (Lipinski definition) is 1. The summed E-state index contributed by atoms with van der Waals surface area (Å²) in [5.74, 6) is 0.0663. The average Bonchev–Trinajstić information content (AvgIpc) is 3.44. The predicted octanol–water partition coefficient (Wildman–Crippen LogP) is 7.24. The van der Waals surface area contributed by atoms with E-state index in [9.17, 15) is 9.59 Å². The first kappa shape index (κ1) is 31.9. The van der Waals surface area contributed by atoms with Gasteiger partial charge in [0.1, 0.15) is 0 Å². The summed E-state index contributed by atoms with van der Waals surface area (Å²) in [5.41, 5.74) is 5.67. The Labute approximate surface area is 257 Å². The number of unbranched alkanes of at least 4 members (excludes halogenated alkanes) is 4. The zero-order chi connectivity index (χ0) is 30.4. The molecule has 6 heteroatoms. The van der Waals surface area contributed by atoms with Gasteiger partial charge in [0.2, 0.25) is 11.8 Å². The summed E-state index contributed by atoms with van der Waals surface area (Å²) in [6.45, 7) is 3.92. The van der Waals surface area contributed by atoms with E-state index in [0.717, 1.165) is 48.9 Å². The van der Waals surface area contributed by atoms with E-state index in [1.165, 1.54) is 29.4 Å². The van der Waals surface area contributed by atoms with Gasteiger partial charge in [-0.15, -0.1) is 0 Å². The molecule has 1 heterocycles. The van der Waals surface area contributed by atoms with E-state index < -0.39 is 0 Å². The lowest BCUT2D eigenvalue weighted by Gasteiger charge is -2.28. The van der Waals surface area contributed by atoms with Crippen molar-refractivity contribution in [1.82, 2.24) is 14.8 Å². The number of hydrogen-bond acceptors (Lipinski definition) is 3. The van der Waals surface area contributed by atoms with Crippen molar-refractivity contribution in [2.24, 2.45) is 0 Å². The molecule has 0 fully saturated rings. The molecule has 6 nitrogen and oxygen atoms in total. The molecule has 0 radical (unpaired) electrons. The SMILES string of the molecule is CCCCCCCC(=O)N(CCc1ccccc1)CC(=O)N(CCc1c[nH]c2ccccc12)Cc1ccc(N(C)C)cc1. The first-order chi connectivity index (χ1) is 20.9. The van der Waals surface area contributed by atoms with Crippen LogP contribution in [0.3, 0.4) is 0 Å². The third kappa shape index (κ3) is 9.74. The van der Waals surface area contributed by atoms with E-state index in [4.69, 9.17) is 0 Å². The van der Waals surface area contributed by atoms with Crippen LogP contribution in [0.15, 0.2) is 85.1 Å². The van der Waals surface area contributed by atoms with Gasteiger partial charge in [0.15, 0.2) is 0 Å². The topological polar surface area (TPSA) is 59.7 Å². The highest BCUT2D eigenvalue weighted by atomic mass is 16.2. The number of aromatic nitrogens is 1. The van der Waals surface area contributed by atoms with Crippen molar-refractivity contribution in [3.05, 3.63) is 102 Å². The van der Waals surface area contributed by atoms with Crippen LogP contribution in [0.4, 0.5) is 5.69 Å². The number of rotatable bonds is 17. The molecule has 1 N–H and O–H groups in total. The van der Waals surface area contributed by atoms with E-state index in [-0.39, 0.29) is 18.4 Å². The summed E-state index contributed by atoms with van der Waals surface area (Å²) < 4.78 is 0. The minimum absolute atomic E-state index is 0.0103. The van der Waals surface area contributed by atoms with Gasteiger partial charge in [-0.3, -0.25) is 9.59 Å². The van der Waals surface area contributed by atoms with Gasteiger partial charge in [-0.25, -0.2) is 0 Å². The summed E-state index contributed by atoms with van der Waals surface area (Å²) >= 11 is 0. The van der Waals surface area contributed by atoms with Crippen molar-refractivity contribution in [1.29, 1.82) is 0 Å².